The molecule has 3 nitrogen and oxygen atoms in total. The first-order valence-corrected chi connectivity index (χ1v) is 7.85. The molecule has 94 valence electrons. The van der Waals surface area contributed by atoms with Crippen molar-refractivity contribution in [1.29, 1.82) is 0 Å². The number of rotatable bonds is 6. The van der Waals surface area contributed by atoms with E-state index in [1.54, 1.807) is 34.6 Å². The highest BCUT2D eigenvalue weighted by atomic mass is 35.5. The summed E-state index contributed by atoms with van der Waals surface area (Å²) in [5.74, 6) is 1.17. The first-order chi connectivity index (χ1) is 8.19. The molecule has 0 aliphatic heterocycles. The Bertz CT molecular complexity index is 376. The van der Waals surface area contributed by atoms with Crippen molar-refractivity contribution in [3.63, 3.8) is 0 Å². The van der Waals surface area contributed by atoms with Crippen LogP contribution < -0.4 is 9.57 Å². The summed E-state index contributed by atoms with van der Waals surface area (Å²) in [6, 6.07) is 6.92. The molecular weight excluding hydrogens is 278 g/mol. The molecule has 0 saturated heterocycles. The Morgan fingerprint density at radius 1 is 1.53 bits per heavy atom. The molecule has 0 bridgehead atoms. The van der Waals surface area contributed by atoms with Crippen molar-refractivity contribution in [2.45, 2.75) is 24.8 Å². The van der Waals surface area contributed by atoms with E-state index in [0.717, 1.165) is 10.6 Å². The maximum Gasteiger partial charge on any atom is 0.329 e. The summed E-state index contributed by atoms with van der Waals surface area (Å²) < 4.78 is 5.28. The number of hydrogen-bond acceptors (Lipinski definition) is 5. The molecule has 0 spiro atoms. The molecule has 1 aromatic carbocycles. The molecule has 0 aliphatic rings. The molecule has 0 heterocycles. The molecule has 0 saturated carbocycles. The summed E-state index contributed by atoms with van der Waals surface area (Å²) in [5, 5.41) is 0. The zero-order chi connectivity index (χ0) is 12.7. The van der Waals surface area contributed by atoms with Crippen molar-refractivity contribution in [1.82, 2.24) is 4.84 Å². The lowest BCUT2D eigenvalue weighted by Gasteiger charge is -2.11. The molecule has 6 heteroatoms. The largest absolute Gasteiger partial charge is 0.424 e. The van der Waals surface area contributed by atoms with E-state index in [2.05, 4.69) is 11.8 Å². The van der Waals surface area contributed by atoms with E-state index >= 15 is 0 Å². The summed E-state index contributed by atoms with van der Waals surface area (Å²) in [6.07, 6.45) is 0. The number of ether oxygens (including phenoxy) is 1. The molecule has 1 N–H and O–H groups in total. The summed E-state index contributed by atoms with van der Waals surface area (Å²) in [6.45, 7) is 3.72. The van der Waals surface area contributed by atoms with Gasteiger partial charge in [-0.1, -0.05) is 40.6 Å². The standard InChI is InChI=1S/C11H14ClNO2S2/c1-3-16-17-10-7-5-4-6-9(10)15-11(14)8(2)13-12/h4-8,13H,3H2,1-2H3/t8-/m0/s1. The predicted octanol–water partition coefficient (Wildman–Crippen LogP) is 3.48. The topological polar surface area (TPSA) is 38.3 Å². The summed E-state index contributed by atoms with van der Waals surface area (Å²) >= 11 is 5.38. The second-order valence-corrected chi connectivity index (χ2v) is 6.03. The van der Waals surface area contributed by atoms with E-state index in [4.69, 9.17) is 16.5 Å². The van der Waals surface area contributed by atoms with Crippen molar-refractivity contribution in [2.75, 3.05) is 5.75 Å². The number of esters is 1. The molecule has 0 aliphatic carbocycles. The Hall–Kier alpha value is -0.360. The number of halogens is 1. The fourth-order valence-electron chi connectivity index (χ4n) is 0.967. The molecule has 0 radical (unpaired) electrons. The third-order valence-electron chi connectivity index (χ3n) is 1.84. The number of carbonyl (C=O) groups excluding carboxylic acids is 1. The van der Waals surface area contributed by atoms with Gasteiger partial charge in [0, 0.05) is 5.75 Å². The van der Waals surface area contributed by atoms with Crippen molar-refractivity contribution < 1.29 is 9.53 Å². The molecule has 0 aromatic heterocycles. The number of para-hydroxylation sites is 1. The van der Waals surface area contributed by atoms with Gasteiger partial charge >= 0.3 is 5.97 Å². The molecule has 0 unspecified atom stereocenters. The maximum absolute atomic E-state index is 11.6. The minimum absolute atomic E-state index is 0.394. The van der Waals surface area contributed by atoms with Crippen LogP contribution in [-0.4, -0.2) is 17.8 Å². The SMILES string of the molecule is CCSSc1ccccc1OC(=O)[C@H](C)NCl. The monoisotopic (exact) mass is 291 g/mol. The molecule has 1 aromatic rings. The van der Waals surface area contributed by atoms with Gasteiger partial charge in [-0.05, 0) is 30.8 Å². The van der Waals surface area contributed by atoms with Crippen LogP contribution in [0.15, 0.2) is 29.2 Å². The van der Waals surface area contributed by atoms with Crippen LogP contribution >= 0.6 is 33.4 Å². The zero-order valence-corrected chi connectivity index (χ0v) is 12.0. The van der Waals surface area contributed by atoms with E-state index in [1.807, 2.05) is 18.2 Å². The van der Waals surface area contributed by atoms with Crippen LogP contribution in [0.4, 0.5) is 0 Å². The second-order valence-electron chi connectivity index (χ2n) is 3.19. The fraction of sp³-hybridized carbons (Fsp3) is 0.364. The Labute approximate surface area is 114 Å². The number of benzene rings is 1. The average molecular weight is 292 g/mol. The fourth-order valence-corrected chi connectivity index (χ4v) is 2.77. The highest BCUT2D eigenvalue weighted by Gasteiger charge is 2.15. The minimum atomic E-state index is -0.534. The van der Waals surface area contributed by atoms with E-state index in [1.165, 1.54) is 0 Å². The Balaban J connectivity index is 2.72. The van der Waals surface area contributed by atoms with Gasteiger partial charge in [0.15, 0.2) is 0 Å². The number of carbonyl (C=O) groups is 1. The van der Waals surface area contributed by atoms with Crippen molar-refractivity contribution in [3.05, 3.63) is 24.3 Å². The number of hydrogen-bond donors (Lipinski definition) is 1. The van der Waals surface area contributed by atoms with E-state index < -0.39 is 12.0 Å². The van der Waals surface area contributed by atoms with Crippen LogP contribution in [0.1, 0.15) is 13.8 Å². The maximum atomic E-state index is 11.6. The Kier molecular flexibility index (Phi) is 6.80. The lowest BCUT2D eigenvalue weighted by Crippen LogP contribution is -2.31. The zero-order valence-electron chi connectivity index (χ0n) is 9.60. The average Bonchev–Trinajstić information content (AvgIpc) is 2.36. The predicted molar refractivity (Wildman–Crippen MR) is 74.5 cm³/mol. The van der Waals surface area contributed by atoms with Gasteiger partial charge in [-0.3, -0.25) is 0 Å². The molecule has 1 rings (SSSR count). The van der Waals surface area contributed by atoms with Crippen LogP contribution in [0.3, 0.4) is 0 Å². The van der Waals surface area contributed by atoms with E-state index in [-0.39, 0.29) is 0 Å². The minimum Gasteiger partial charge on any atom is -0.424 e. The third kappa shape index (κ3) is 4.79. The smallest absolute Gasteiger partial charge is 0.329 e. The molecular formula is C11H14ClNO2S2. The van der Waals surface area contributed by atoms with Crippen LogP contribution in [-0.2, 0) is 4.79 Å². The molecule has 0 amide bonds. The van der Waals surface area contributed by atoms with Gasteiger partial charge in [0.25, 0.3) is 0 Å². The van der Waals surface area contributed by atoms with Gasteiger partial charge in [0.05, 0.1) is 4.90 Å². The van der Waals surface area contributed by atoms with Crippen molar-refractivity contribution >= 4 is 39.3 Å². The lowest BCUT2D eigenvalue weighted by atomic mass is 10.3. The first kappa shape index (κ1) is 14.7. The van der Waals surface area contributed by atoms with Gasteiger partial charge < -0.3 is 4.74 Å². The van der Waals surface area contributed by atoms with E-state index in [9.17, 15) is 4.79 Å². The molecule has 1 atom stereocenters. The van der Waals surface area contributed by atoms with Crippen LogP contribution in [0.25, 0.3) is 0 Å². The van der Waals surface area contributed by atoms with Crippen molar-refractivity contribution in [3.8, 4) is 5.75 Å². The summed E-state index contributed by atoms with van der Waals surface area (Å²) in [4.78, 5) is 14.9. The first-order valence-electron chi connectivity index (χ1n) is 5.15. The lowest BCUT2D eigenvalue weighted by molar-refractivity contribution is -0.135. The van der Waals surface area contributed by atoms with Gasteiger partial charge in [-0.15, -0.1) is 0 Å². The normalized spacial score (nSPS) is 12.2. The Morgan fingerprint density at radius 3 is 2.88 bits per heavy atom. The van der Waals surface area contributed by atoms with Crippen LogP contribution in [0.2, 0.25) is 0 Å². The van der Waals surface area contributed by atoms with Crippen LogP contribution in [0, 0.1) is 0 Å². The highest BCUT2D eigenvalue weighted by molar-refractivity contribution is 8.76. The third-order valence-corrected chi connectivity index (χ3v) is 4.64. The Morgan fingerprint density at radius 2 is 2.24 bits per heavy atom. The summed E-state index contributed by atoms with van der Waals surface area (Å²) in [5.41, 5.74) is 0. The highest BCUT2D eigenvalue weighted by Crippen LogP contribution is 2.37. The molecule has 0 fully saturated rings. The quantitative estimate of drug-likeness (QED) is 0.376. The second kappa shape index (κ2) is 7.87. The van der Waals surface area contributed by atoms with E-state index in [0.29, 0.717) is 5.75 Å². The van der Waals surface area contributed by atoms with Crippen molar-refractivity contribution in [2.24, 2.45) is 0 Å². The van der Waals surface area contributed by atoms with Gasteiger partial charge in [-0.2, -0.15) is 0 Å². The van der Waals surface area contributed by atoms with Gasteiger partial charge in [0.2, 0.25) is 0 Å². The van der Waals surface area contributed by atoms with Gasteiger partial charge in [-0.25, -0.2) is 9.63 Å². The number of nitrogens with one attached hydrogen (secondary N) is 1. The summed E-state index contributed by atoms with van der Waals surface area (Å²) in [7, 11) is 3.29. The molecule has 17 heavy (non-hydrogen) atoms. The van der Waals surface area contributed by atoms with Gasteiger partial charge in [0.1, 0.15) is 11.8 Å². The van der Waals surface area contributed by atoms with Crippen LogP contribution in [0.5, 0.6) is 5.75 Å².